The quantitative estimate of drug-likeness (QED) is 0.418. The summed E-state index contributed by atoms with van der Waals surface area (Å²) in [6.45, 7) is 0.344. The molecule has 0 unspecified atom stereocenters. The Morgan fingerprint density at radius 2 is 1.90 bits per heavy atom. The summed E-state index contributed by atoms with van der Waals surface area (Å²) >= 11 is 5.83. The molecule has 29 heavy (non-hydrogen) atoms. The standard InChI is InChI=1S/C22H16ClN5O/c23-20-10-9-14(12-24-20)13-25-22(29)28-18-8-4-1-5-15(18)11-19(28)21-16-6-2-3-7-17(16)26-27-21/h1-12H,13H2,(H,25,29)(H,26,27). The van der Waals surface area contributed by atoms with Gasteiger partial charge in [-0.1, -0.05) is 54.1 Å². The highest BCUT2D eigenvalue weighted by Crippen LogP contribution is 2.31. The number of aromatic nitrogens is 4. The maximum Gasteiger partial charge on any atom is 0.326 e. The molecule has 6 nitrogen and oxygen atoms in total. The summed E-state index contributed by atoms with van der Waals surface area (Å²) in [4.78, 5) is 17.2. The second-order valence-electron chi connectivity index (χ2n) is 6.69. The molecule has 0 aliphatic heterocycles. The number of nitrogens with zero attached hydrogens (tertiary/aromatic N) is 3. The highest BCUT2D eigenvalue weighted by Gasteiger charge is 2.19. The highest BCUT2D eigenvalue weighted by molar-refractivity contribution is 6.29. The van der Waals surface area contributed by atoms with Crippen molar-refractivity contribution < 1.29 is 4.79 Å². The number of hydrogen-bond donors (Lipinski definition) is 2. The maximum absolute atomic E-state index is 13.2. The molecule has 0 atom stereocenters. The number of carbonyl (C=O) groups excluding carboxylic acids is 1. The Bertz CT molecular complexity index is 1340. The van der Waals surface area contributed by atoms with Crippen LogP contribution in [0.15, 0.2) is 72.9 Å². The summed E-state index contributed by atoms with van der Waals surface area (Å²) in [5.74, 6) is 0. The largest absolute Gasteiger partial charge is 0.333 e. The van der Waals surface area contributed by atoms with Gasteiger partial charge in [0.25, 0.3) is 0 Å². The summed E-state index contributed by atoms with van der Waals surface area (Å²) in [5.41, 5.74) is 4.08. The number of para-hydroxylation sites is 2. The molecule has 0 spiro atoms. The molecule has 3 aromatic heterocycles. The van der Waals surface area contributed by atoms with Crippen molar-refractivity contribution >= 4 is 39.4 Å². The van der Waals surface area contributed by atoms with Gasteiger partial charge in [0.15, 0.2) is 0 Å². The number of nitrogens with one attached hydrogen (secondary N) is 2. The van der Waals surface area contributed by atoms with E-state index >= 15 is 0 Å². The van der Waals surface area contributed by atoms with Crippen LogP contribution in [-0.2, 0) is 6.54 Å². The van der Waals surface area contributed by atoms with Crippen molar-refractivity contribution in [1.82, 2.24) is 25.1 Å². The molecule has 2 N–H and O–H groups in total. The number of benzene rings is 2. The normalized spacial score (nSPS) is 11.2. The van der Waals surface area contributed by atoms with E-state index in [2.05, 4.69) is 20.5 Å². The molecule has 142 valence electrons. The molecule has 5 aromatic rings. The minimum absolute atomic E-state index is 0.233. The number of hydrogen-bond acceptors (Lipinski definition) is 3. The molecule has 0 radical (unpaired) electrons. The zero-order valence-corrected chi connectivity index (χ0v) is 16.0. The molecule has 7 heteroatoms. The Hall–Kier alpha value is -3.64. The van der Waals surface area contributed by atoms with Gasteiger partial charge in [-0.2, -0.15) is 5.10 Å². The molecule has 0 saturated heterocycles. The van der Waals surface area contributed by atoms with Gasteiger partial charge in [0.1, 0.15) is 10.8 Å². The Morgan fingerprint density at radius 3 is 2.76 bits per heavy atom. The van der Waals surface area contributed by atoms with Crippen LogP contribution in [-0.4, -0.2) is 25.8 Å². The van der Waals surface area contributed by atoms with Gasteiger partial charge < -0.3 is 5.32 Å². The van der Waals surface area contributed by atoms with Crippen LogP contribution in [0, 0.1) is 0 Å². The zero-order chi connectivity index (χ0) is 19.8. The lowest BCUT2D eigenvalue weighted by molar-refractivity contribution is 0.243. The number of halogens is 1. The molecule has 1 amide bonds. The Morgan fingerprint density at radius 1 is 1.07 bits per heavy atom. The van der Waals surface area contributed by atoms with Crippen molar-refractivity contribution in [2.75, 3.05) is 0 Å². The van der Waals surface area contributed by atoms with Gasteiger partial charge in [-0.15, -0.1) is 0 Å². The molecule has 2 aromatic carbocycles. The molecule has 0 aliphatic carbocycles. The number of carbonyl (C=O) groups is 1. The first kappa shape index (κ1) is 17.5. The number of amides is 1. The van der Waals surface area contributed by atoms with Crippen molar-refractivity contribution in [3.8, 4) is 11.4 Å². The summed E-state index contributed by atoms with van der Waals surface area (Å²) in [6.07, 6.45) is 1.65. The molecule has 0 bridgehead atoms. The lowest BCUT2D eigenvalue weighted by atomic mass is 10.1. The van der Waals surface area contributed by atoms with Crippen LogP contribution in [0.5, 0.6) is 0 Å². The fourth-order valence-corrected chi connectivity index (χ4v) is 3.59. The van der Waals surface area contributed by atoms with E-state index in [0.29, 0.717) is 11.7 Å². The number of rotatable bonds is 3. The lowest BCUT2D eigenvalue weighted by Gasteiger charge is -2.10. The lowest BCUT2D eigenvalue weighted by Crippen LogP contribution is -2.28. The van der Waals surface area contributed by atoms with Gasteiger partial charge in [-0.3, -0.25) is 9.67 Å². The van der Waals surface area contributed by atoms with Crippen molar-refractivity contribution in [3.63, 3.8) is 0 Å². The van der Waals surface area contributed by atoms with Gasteiger partial charge in [0.05, 0.1) is 16.7 Å². The third-order valence-electron chi connectivity index (χ3n) is 4.86. The third kappa shape index (κ3) is 3.13. The van der Waals surface area contributed by atoms with E-state index in [0.717, 1.165) is 38.8 Å². The second-order valence-corrected chi connectivity index (χ2v) is 7.08. The summed E-state index contributed by atoms with van der Waals surface area (Å²) in [6, 6.07) is 21.0. The van der Waals surface area contributed by atoms with E-state index in [4.69, 9.17) is 11.6 Å². The van der Waals surface area contributed by atoms with Crippen LogP contribution in [0.4, 0.5) is 4.79 Å². The van der Waals surface area contributed by atoms with E-state index in [1.165, 1.54) is 0 Å². The van der Waals surface area contributed by atoms with Gasteiger partial charge in [0, 0.05) is 23.5 Å². The van der Waals surface area contributed by atoms with Crippen molar-refractivity contribution in [3.05, 3.63) is 83.6 Å². The van der Waals surface area contributed by atoms with Crippen LogP contribution in [0.2, 0.25) is 5.15 Å². The van der Waals surface area contributed by atoms with E-state index < -0.39 is 0 Å². The molecule has 0 fully saturated rings. The fourth-order valence-electron chi connectivity index (χ4n) is 3.47. The first-order valence-electron chi connectivity index (χ1n) is 9.13. The minimum atomic E-state index is -0.233. The highest BCUT2D eigenvalue weighted by atomic mass is 35.5. The minimum Gasteiger partial charge on any atom is -0.333 e. The number of H-pyrrole nitrogens is 1. The molecule has 5 rings (SSSR count). The average molecular weight is 402 g/mol. The van der Waals surface area contributed by atoms with E-state index in [1.807, 2.05) is 60.7 Å². The van der Waals surface area contributed by atoms with Crippen LogP contribution in [0.25, 0.3) is 33.2 Å². The van der Waals surface area contributed by atoms with Crippen molar-refractivity contribution in [1.29, 1.82) is 0 Å². The Labute approximate surface area is 171 Å². The molecular weight excluding hydrogens is 386 g/mol. The summed E-state index contributed by atoms with van der Waals surface area (Å²) in [5, 5.41) is 12.8. The van der Waals surface area contributed by atoms with E-state index in [-0.39, 0.29) is 6.03 Å². The van der Waals surface area contributed by atoms with Crippen molar-refractivity contribution in [2.45, 2.75) is 6.54 Å². The Kier molecular flexibility index (Phi) is 4.26. The SMILES string of the molecule is O=C(NCc1ccc(Cl)nc1)n1c(-c2n[nH]c3ccccc23)cc2ccccc21. The Balaban J connectivity index is 1.58. The van der Waals surface area contributed by atoms with E-state index in [1.54, 1.807) is 16.8 Å². The van der Waals surface area contributed by atoms with Crippen LogP contribution in [0.1, 0.15) is 5.56 Å². The first-order valence-corrected chi connectivity index (χ1v) is 9.51. The predicted octanol–water partition coefficient (Wildman–Crippen LogP) is 4.99. The molecule has 0 saturated carbocycles. The van der Waals surface area contributed by atoms with E-state index in [9.17, 15) is 4.79 Å². The molecular formula is C22H16ClN5O. The van der Waals surface area contributed by atoms with Crippen LogP contribution >= 0.6 is 11.6 Å². The fraction of sp³-hybridized carbons (Fsp3) is 0.0455. The maximum atomic E-state index is 13.2. The summed E-state index contributed by atoms with van der Waals surface area (Å²) in [7, 11) is 0. The third-order valence-corrected chi connectivity index (χ3v) is 5.08. The van der Waals surface area contributed by atoms with Crippen LogP contribution in [0.3, 0.4) is 0 Å². The molecule has 3 heterocycles. The smallest absolute Gasteiger partial charge is 0.326 e. The van der Waals surface area contributed by atoms with Gasteiger partial charge in [0.2, 0.25) is 0 Å². The van der Waals surface area contributed by atoms with Gasteiger partial charge >= 0.3 is 6.03 Å². The van der Waals surface area contributed by atoms with Gasteiger partial charge in [-0.05, 0) is 29.8 Å². The number of fused-ring (bicyclic) bond motifs is 2. The number of pyridine rings is 1. The first-order chi connectivity index (χ1) is 14.2. The molecule has 0 aliphatic rings. The number of aromatic amines is 1. The van der Waals surface area contributed by atoms with Crippen LogP contribution < -0.4 is 5.32 Å². The predicted molar refractivity (Wildman–Crippen MR) is 114 cm³/mol. The average Bonchev–Trinajstić information content (AvgIpc) is 3.34. The zero-order valence-electron chi connectivity index (χ0n) is 15.3. The van der Waals surface area contributed by atoms with Gasteiger partial charge in [-0.25, -0.2) is 9.78 Å². The summed E-state index contributed by atoms with van der Waals surface area (Å²) < 4.78 is 1.67. The topological polar surface area (TPSA) is 75.6 Å². The van der Waals surface area contributed by atoms with Crippen molar-refractivity contribution in [2.24, 2.45) is 0 Å². The monoisotopic (exact) mass is 401 g/mol. The second kappa shape index (κ2) is 7.07.